The smallest absolute Gasteiger partial charge is 0.151 e. The number of carbonyl (C=O) groups is 1. The second kappa shape index (κ2) is 5.89. The average molecular weight is 274 g/mol. The van der Waals surface area contributed by atoms with Crippen LogP contribution in [0.25, 0.3) is 0 Å². The Labute approximate surface area is 118 Å². The van der Waals surface area contributed by atoms with Crippen molar-refractivity contribution in [1.29, 1.82) is 0 Å². The predicted molar refractivity (Wildman–Crippen MR) is 80.1 cm³/mol. The maximum atomic E-state index is 10.7. The Balaban J connectivity index is 2.20. The molecule has 0 atom stereocenters. The minimum Gasteiger partial charge on any atom is -0.370 e. The van der Waals surface area contributed by atoms with Crippen LogP contribution in [-0.2, 0) is 6.54 Å². The van der Waals surface area contributed by atoms with Crippen molar-refractivity contribution in [2.45, 2.75) is 13.5 Å². The van der Waals surface area contributed by atoms with Gasteiger partial charge in [0.25, 0.3) is 0 Å². The molecule has 3 heteroatoms. The number of hydrogen-bond donors (Lipinski definition) is 0. The van der Waals surface area contributed by atoms with Gasteiger partial charge in [-0.2, -0.15) is 0 Å². The van der Waals surface area contributed by atoms with E-state index in [-0.39, 0.29) is 0 Å². The largest absolute Gasteiger partial charge is 0.370 e. The molecule has 0 N–H and O–H groups in total. The summed E-state index contributed by atoms with van der Waals surface area (Å²) in [6.07, 6.45) is 0.771. The molecule has 0 heterocycles. The Bertz CT molecular complexity index is 595. The van der Waals surface area contributed by atoms with Gasteiger partial charge in [-0.25, -0.2) is 0 Å². The Kier molecular flexibility index (Phi) is 4.23. The van der Waals surface area contributed by atoms with Gasteiger partial charge in [-0.15, -0.1) is 0 Å². The molecule has 0 aliphatic carbocycles. The van der Waals surface area contributed by atoms with Crippen LogP contribution in [0.5, 0.6) is 0 Å². The first kappa shape index (κ1) is 13.6. The Morgan fingerprint density at radius 1 is 1.21 bits per heavy atom. The Morgan fingerprint density at radius 3 is 2.58 bits per heavy atom. The van der Waals surface area contributed by atoms with Crippen LogP contribution >= 0.6 is 11.6 Å². The summed E-state index contributed by atoms with van der Waals surface area (Å²) in [5.41, 5.74) is 4.07. The number of aldehydes is 1. The normalized spacial score (nSPS) is 10.3. The number of benzene rings is 2. The highest BCUT2D eigenvalue weighted by molar-refractivity contribution is 6.33. The molecule has 0 unspecified atom stereocenters. The molecule has 2 rings (SSSR count). The molecule has 0 spiro atoms. The summed E-state index contributed by atoms with van der Waals surface area (Å²) in [6.45, 7) is 2.91. The van der Waals surface area contributed by atoms with Gasteiger partial charge in [0, 0.05) is 24.8 Å². The van der Waals surface area contributed by atoms with Gasteiger partial charge in [0.2, 0.25) is 0 Å². The summed E-state index contributed by atoms with van der Waals surface area (Å²) in [7, 11) is 2.01. The van der Waals surface area contributed by atoms with E-state index in [0.717, 1.165) is 18.5 Å². The van der Waals surface area contributed by atoms with Crippen molar-refractivity contribution in [3.05, 3.63) is 64.2 Å². The summed E-state index contributed by atoms with van der Waals surface area (Å²) in [5, 5.41) is 0.490. The molecule has 0 fully saturated rings. The Hall–Kier alpha value is -1.80. The third-order valence-corrected chi connectivity index (χ3v) is 3.55. The van der Waals surface area contributed by atoms with Gasteiger partial charge in [0.05, 0.1) is 5.02 Å². The van der Waals surface area contributed by atoms with Crippen LogP contribution < -0.4 is 4.90 Å². The van der Waals surface area contributed by atoms with Crippen LogP contribution in [0.15, 0.2) is 42.5 Å². The highest BCUT2D eigenvalue weighted by atomic mass is 35.5. The minimum atomic E-state index is 0.490. The first-order chi connectivity index (χ1) is 9.11. The van der Waals surface area contributed by atoms with Gasteiger partial charge in [-0.3, -0.25) is 4.79 Å². The van der Waals surface area contributed by atoms with Gasteiger partial charge in [-0.05, 0) is 36.2 Å². The third-order valence-electron chi connectivity index (χ3n) is 3.22. The number of carbonyl (C=O) groups excluding carboxylic acids is 1. The molecular weight excluding hydrogens is 258 g/mol. The van der Waals surface area contributed by atoms with Crippen molar-refractivity contribution in [1.82, 2.24) is 0 Å². The van der Waals surface area contributed by atoms with E-state index in [2.05, 4.69) is 24.0 Å². The number of aryl methyl sites for hydroxylation is 1. The van der Waals surface area contributed by atoms with Gasteiger partial charge < -0.3 is 4.90 Å². The fraction of sp³-hybridized carbons (Fsp3) is 0.188. The molecule has 0 aliphatic rings. The summed E-state index contributed by atoms with van der Waals surface area (Å²) in [6, 6.07) is 13.8. The van der Waals surface area contributed by atoms with Crippen molar-refractivity contribution in [3.63, 3.8) is 0 Å². The maximum absolute atomic E-state index is 10.7. The number of halogens is 1. The summed E-state index contributed by atoms with van der Waals surface area (Å²) in [4.78, 5) is 12.9. The third kappa shape index (κ3) is 3.15. The lowest BCUT2D eigenvalue weighted by molar-refractivity contribution is 0.112. The second-order valence-corrected chi connectivity index (χ2v) is 5.01. The monoisotopic (exact) mass is 273 g/mol. The molecule has 0 saturated carbocycles. The molecule has 98 valence electrons. The standard InChI is InChI=1S/C16H16ClNO/c1-12-5-3-4-6-13(12)10-18(2)15-8-7-14(11-19)16(17)9-15/h3-9,11H,10H2,1-2H3. The zero-order chi connectivity index (χ0) is 13.8. The van der Waals surface area contributed by atoms with Gasteiger partial charge in [0.15, 0.2) is 6.29 Å². The van der Waals surface area contributed by atoms with Crippen LogP contribution in [-0.4, -0.2) is 13.3 Å². The molecular formula is C16H16ClNO. The van der Waals surface area contributed by atoms with E-state index in [0.29, 0.717) is 10.6 Å². The first-order valence-corrected chi connectivity index (χ1v) is 6.50. The first-order valence-electron chi connectivity index (χ1n) is 6.12. The van der Waals surface area contributed by atoms with E-state index in [4.69, 9.17) is 11.6 Å². The average Bonchev–Trinajstić information content (AvgIpc) is 2.41. The van der Waals surface area contributed by atoms with E-state index in [1.54, 1.807) is 6.07 Å². The Morgan fingerprint density at radius 2 is 1.95 bits per heavy atom. The van der Waals surface area contributed by atoms with E-state index >= 15 is 0 Å². The van der Waals surface area contributed by atoms with Crippen molar-refractivity contribution in [3.8, 4) is 0 Å². The van der Waals surface area contributed by atoms with Gasteiger partial charge in [-0.1, -0.05) is 35.9 Å². The molecule has 2 nitrogen and oxygen atoms in total. The summed E-state index contributed by atoms with van der Waals surface area (Å²) >= 11 is 6.05. The lowest BCUT2D eigenvalue weighted by atomic mass is 10.1. The van der Waals surface area contributed by atoms with Crippen LogP contribution in [0.3, 0.4) is 0 Å². The number of anilines is 1. The highest BCUT2D eigenvalue weighted by Gasteiger charge is 2.06. The van der Waals surface area contributed by atoms with Crippen LogP contribution in [0, 0.1) is 6.92 Å². The molecule has 0 aliphatic heterocycles. The molecule has 2 aromatic carbocycles. The highest BCUT2D eigenvalue weighted by Crippen LogP contribution is 2.23. The topological polar surface area (TPSA) is 20.3 Å². The molecule has 0 saturated heterocycles. The summed E-state index contributed by atoms with van der Waals surface area (Å²) in [5.74, 6) is 0. The number of hydrogen-bond acceptors (Lipinski definition) is 2. The van der Waals surface area contributed by atoms with Crippen molar-refractivity contribution < 1.29 is 4.79 Å². The molecule has 0 amide bonds. The lowest BCUT2D eigenvalue weighted by Gasteiger charge is -2.21. The van der Waals surface area contributed by atoms with Gasteiger partial charge in [0.1, 0.15) is 0 Å². The fourth-order valence-electron chi connectivity index (χ4n) is 1.98. The quantitative estimate of drug-likeness (QED) is 0.782. The molecule has 0 radical (unpaired) electrons. The molecule has 2 aromatic rings. The van der Waals surface area contributed by atoms with E-state index in [9.17, 15) is 4.79 Å². The van der Waals surface area contributed by atoms with Gasteiger partial charge >= 0.3 is 0 Å². The second-order valence-electron chi connectivity index (χ2n) is 4.61. The predicted octanol–water partition coefficient (Wildman–Crippen LogP) is 4.10. The lowest BCUT2D eigenvalue weighted by Crippen LogP contribution is -2.17. The molecule has 0 bridgehead atoms. The minimum absolute atomic E-state index is 0.490. The maximum Gasteiger partial charge on any atom is 0.151 e. The van der Waals surface area contributed by atoms with E-state index in [1.807, 2.05) is 31.3 Å². The van der Waals surface area contributed by atoms with Crippen LogP contribution in [0.2, 0.25) is 5.02 Å². The molecule has 19 heavy (non-hydrogen) atoms. The van der Waals surface area contributed by atoms with Crippen LogP contribution in [0.1, 0.15) is 21.5 Å². The summed E-state index contributed by atoms with van der Waals surface area (Å²) < 4.78 is 0. The number of rotatable bonds is 4. The SMILES string of the molecule is Cc1ccccc1CN(C)c1ccc(C=O)c(Cl)c1. The van der Waals surface area contributed by atoms with Crippen molar-refractivity contribution in [2.24, 2.45) is 0 Å². The van der Waals surface area contributed by atoms with Crippen LogP contribution in [0.4, 0.5) is 5.69 Å². The van der Waals surface area contributed by atoms with Crippen molar-refractivity contribution >= 4 is 23.6 Å². The van der Waals surface area contributed by atoms with E-state index < -0.39 is 0 Å². The van der Waals surface area contributed by atoms with Crippen molar-refractivity contribution in [2.75, 3.05) is 11.9 Å². The van der Waals surface area contributed by atoms with E-state index in [1.165, 1.54) is 11.1 Å². The molecule has 0 aromatic heterocycles. The zero-order valence-corrected chi connectivity index (χ0v) is 11.8. The number of nitrogens with zero attached hydrogens (tertiary/aromatic N) is 1. The zero-order valence-electron chi connectivity index (χ0n) is 11.1. The fourth-order valence-corrected chi connectivity index (χ4v) is 2.20.